The number of nitro benzene ring substituents is 1. The molecule has 13 heteroatoms. The van der Waals surface area contributed by atoms with Gasteiger partial charge in [-0.2, -0.15) is 0 Å². The minimum atomic E-state index is -4.12. The van der Waals surface area contributed by atoms with E-state index in [2.05, 4.69) is 5.32 Å². The largest absolute Gasteiger partial charge is 0.365 e. The summed E-state index contributed by atoms with van der Waals surface area (Å²) < 4.78 is 48.1. The van der Waals surface area contributed by atoms with Gasteiger partial charge in [0.2, 0.25) is 5.52 Å². The van der Waals surface area contributed by atoms with Crippen LogP contribution in [-0.2, 0) is 27.2 Å². The second-order valence-corrected chi connectivity index (χ2v) is 10.3. The number of benzene rings is 1. The van der Waals surface area contributed by atoms with E-state index in [1.807, 2.05) is 0 Å². The van der Waals surface area contributed by atoms with Crippen LogP contribution in [0.2, 0.25) is 5.02 Å². The van der Waals surface area contributed by atoms with E-state index in [0.29, 0.717) is 0 Å². The van der Waals surface area contributed by atoms with Gasteiger partial charge in [0.1, 0.15) is 5.69 Å². The van der Waals surface area contributed by atoms with Crippen LogP contribution in [0, 0.1) is 10.1 Å². The fourth-order valence-corrected chi connectivity index (χ4v) is 7.42. The van der Waals surface area contributed by atoms with Crippen molar-refractivity contribution in [3.63, 3.8) is 0 Å². The summed E-state index contributed by atoms with van der Waals surface area (Å²) in [6.45, 7) is 6.26. The molecule has 0 aliphatic carbocycles. The third-order valence-electron chi connectivity index (χ3n) is 3.28. The highest BCUT2D eigenvalue weighted by atomic mass is 35.5. The molecule has 0 saturated heterocycles. The highest BCUT2D eigenvalue weighted by Gasteiger charge is 2.51. The molecule has 0 saturated carbocycles. The van der Waals surface area contributed by atoms with Gasteiger partial charge < -0.3 is 23.4 Å². The number of nitrogens with one attached hydrogen (secondary N) is 1. The Bertz CT molecular complexity index is 714. The summed E-state index contributed by atoms with van der Waals surface area (Å²) in [5.41, 5.74) is -2.12. The lowest BCUT2D eigenvalue weighted by molar-refractivity contribution is -0.383. The third kappa shape index (κ3) is 6.26. The van der Waals surface area contributed by atoms with Gasteiger partial charge in [-0.15, -0.1) is 0 Å². The van der Waals surface area contributed by atoms with Gasteiger partial charge in [0, 0.05) is 11.1 Å². The van der Waals surface area contributed by atoms with Crippen LogP contribution in [0.3, 0.4) is 0 Å². The zero-order valence-electron chi connectivity index (χ0n) is 16.1. The summed E-state index contributed by atoms with van der Waals surface area (Å²) in [5, 5.41) is 14.2. The van der Waals surface area contributed by atoms with Crippen LogP contribution in [0.5, 0.6) is 0 Å². The lowest BCUT2D eigenvalue weighted by Gasteiger charge is -2.32. The van der Waals surface area contributed by atoms with Gasteiger partial charge in [-0.3, -0.25) is 19.2 Å². The highest BCUT2D eigenvalue weighted by Crippen LogP contribution is 2.70. The van der Waals surface area contributed by atoms with Crippen LogP contribution in [0.1, 0.15) is 27.7 Å². The average Bonchev–Trinajstić information content (AvgIpc) is 2.61. The number of halogens is 1. The van der Waals surface area contributed by atoms with Crippen molar-refractivity contribution in [3.8, 4) is 0 Å². The SMILES string of the molecule is CCOP(=O)(OCC)C(Nc1ccc(Cl)cc1[N+](=O)[O-])P(=O)(OCC)OCC. The fraction of sp³-hybridized carbons (Fsp3) is 0.600. The summed E-state index contributed by atoms with van der Waals surface area (Å²) in [5.74, 6) is 0. The van der Waals surface area contributed by atoms with Crippen LogP contribution in [0.15, 0.2) is 18.2 Å². The van der Waals surface area contributed by atoms with Crippen LogP contribution in [0.4, 0.5) is 11.4 Å². The van der Waals surface area contributed by atoms with Crippen molar-refractivity contribution in [2.75, 3.05) is 31.7 Å². The fourth-order valence-electron chi connectivity index (χ4n) is 2.33. The molecule has 0 spiro atoms. The van der Waals surface area contributed by atoms with E-state index in [1.165, 1.54) is 12.1 Å². The van der Waals surface area contributed by atoms with Gasteiger partial charge in [-0.05, 0) is 39.8 Å². The molecule has 1 rings (SSSR count). The van der Waals surface area contributed by atoms with E-state index in [1.54, 1.807) is 27.7 Å². The Balaban J connectivity index is 3.57. The molecule has 28 heavy (non-hydrogen) atoms. The Kier molecular flexibility index (Phi) is 10.1. The average molecular weight is 459 g/mol. The first kappa shape index (κ1) is 25.0. The molecule has 1 aromatic rings. The van der Waals surface area contributed by atoms with Crippen molar-refractivity contribution in [1.29, 1.82) is 0 Å². The summed E-state index contributed by atoms with van der Waals surface area (Å²) in [6.07, 6.45) is 0. The molecule has 1 aromatic carbocycles. The number of anilines is 1. The van der Waals surface area contributed by atoms with E-state index < -0.39 is 31.3 Å². The molecule has 0 bridgehead atoms. The molecule has 0 heterocycles. The Morgan fingerprint density at radius 3 is 1.79 bits per heavy atom. The van der Waals surface area contributed by atoms with Crippen molar-refractivity contribution in [2.24, 2.45) is 0 Å². The summed E-state index contributed by atoms with van der Waals surface area (Å²) in [4.78, 5) is 10.7. The molecular weight excluding hydrogens is 434 g/mol. The number of rotatable bonds is 13. The second-order valence-electron chi connectivity index (χ2n) is 5.19. The minimum Gasteiger partial charge on any atom is -0.356 e. The van der Waals surface area contributed by atoms with E-state index in [9.17, 15) is 19.2 Å². The maximum absolute atomic E-state index is 13.4. The van der Waals surface area contributed by atoms with Crippen LogP contribution in [-0.4, -0.2) is 36.9 Å². The Morgan fingerprint density at radius 2 is 1.43 bits per heavy atom. The topological polar surface area (TPSA) is 126 Å². The highest BCUT2D eigenvalue weighted by molar-refractivity contribution is 7.72. The van der Waals surface area contributed by atoms with Crippen LogP contribution >= 0.6 is 26.8 Å². The van der Waals surface area contributed by atoms with Gasteiger partial charge in [-0.25, -0.2) is 0 Å². The van der Waals surface area contributed by atoms with Crippen molar-refractivity contribution >= 4 is 38.2 Å². The second kappa shape index (κ2) is 11.3. The zero-order chi connectivity index (χ0) is 21.4. The van der Waals surface area contributed by atoms with Crippen LogP contribution < -0.4 is 5.32 Å². The lowest BCUT2D eigenvalue weighted by atomic mass is 10.3. The molecule has 160 valence electrons. The zero-order valence-corrected chi connectivity index (χ0v) is 18.7. The molecule has 0 atom stereocenters. The molecule has 0 aliphatic rings. The van der Waals surface area contributed by atoms with Crippen LogP contribution in [0.25, 0.3) is 0 Å². The quantitative estimate of drug-likeness (QED) is 0.232. The van der Waals surface area contributed by atoms with E-state index in [0.717, 1.165) is 6.07 Å². The van der Waals surface area contributed by atoms with Crippen molar-refractivity contribution in [2.45, 2.75) is 33.2 Å². The van der Waals surface area contributed by atoms with Gasteiger partial charge >= 0.3 is 15.2 Å². The molecule has 0 fully saturated rings. The molecule has 10 nitrogen and oxygen atoms in total. The first-order valence-electron chi connectivity index (χ1n) is 8.65. The Labute approximate surface area is 169 Å². The minimum absolute atomic E-state index is 0.0174. The van der Waals surface area contributed by atoms with E-state index in [4.69, 9.17) is 29.7 Å². The Hall–Kier alpha value is -0.990. The third-order valence-corrected chi connectivity index (χ3v) is 9.14. The van der Waals surface area contributed by atoms with Crippen molar-refractivity contribution < 1.29 is 32.1 Å². The molecule has 0 aliphatic heterocycles. The molecule has 0 amide bonds. The molecule has 0 unspecified atom stereocenters. The first-order chi connectivity index (χ1) is 13.2. The van der Waals surface area contributed by atoms with Crippen molar-refractivity contribution in [1.82, 2.24) is 0 Å². The van der Waals surface area contributed by atoms with Gasteiger partial charge in [0.15, 0.2) is 0 Å². The van der Waals surface area contributed by atoms with Gasteiger partial charge in [0.25, 0.3) is 5.69 Å². The number of nitro groups is 1. The van der Waals surface area contributed by atoms with Gasteiger partial charge in [-0.1, -0.05) is 11.6 Å². The molecule has 0 radical (unpaired) electrons. The predicted octanol–water partition coefficient (Wildman–Crippen LogP) is 5.48. The van der Waals surface area contributed by atoms with E-state index >= 15 is 0 Å². The number of hydrogen-bond acceptors (Lipinski definition) is 9. The number of hydrogen-bond donors (Lipinski definition) is 1. The summed E-state index contributed by atoms with van der Waals surface area (Å²) >= 11 is 5.84. The molecular formula is C15H25ClN2O8P2. The van der Waals surface area contributed by atoms with Crippen molar-refractivity contribution in [3.05, 3.63) is 33.3 Å². The number of nitrogens with zero attached hydrogens (tertiary/aromatic N) is 1. The standard InChI is InChI=1S/C15H25ClN2O8P2/c1-5-23-27(21,24-6-2)15(28(22,25-7-3)26-8-4)17-13-10-9-12(16)11-14(13)18(19)20/h9-11,15,17H,5-8H2,1-4H3. The maximum atomic E-state index is 13.4. The lowest BCUT2D eigenvalue weighted by Crippen LogP contribution is -2.26. The first-order valence-corrected chi connectivity index (χ1v) is 12.3. The normalized spacial score (nSPS) is 12.4. The summed E-state index contributed by atoms with van der Waals surface area (Å²) in [7, 11) is -8.24. The van der Waals surface area contributed by atoms with Gasteiger partial charge in [0.05, 0.1) is 31.4 Å². The predicted molar refractivity (Wildman–Crippen MR) is 107 cm³/mol. The monoisotopic (exact) mass is 458 g/mol. The smallest absolute Gasteiger partial charge is 0.356 e. The maximum Gasteiger partial charge on any atom is 0.365 e. The molecule has 0 aromatic heterocycles. The summed E-state index contributed by atoms with van der Waals surface area (Å²) in [6, 6.07) is 3.81. The molecule has 1 N–H and O–H groups in total. The Morgan fingerprint density at radius 1 is 1.00 bits per heavy atom. The van der Waals surface area contributed by atoms with E-state index in [-0.39, 0.29) is 37.1 Å².